The Bertz CT molecular complexity index is 543. The average molecular weight is 265 g/mol. The fourth-order valence-corrected chi connectivity index (χ4v) is 2.43. The highest BCUT2D eigenvalue weighted by atomic mass is 32.2. The number of rotatable bonds is 4. The van der Waals surface area contributed by atoms with Crippen molar-refractivity contribution >= 4 is 11.8 Å². The highest BCUT2D eigenvalue weighted by Crippen LogP contribution is 2.31. The first-order chi connectivity index (χ1) is 8.70. The Morgan fingerprint density at radius 3 is 2.39 bits per heavy atom. The molecule has 0 aliphatic rings. The van der Waals surface area contributed by atoms with Crippen molar-refractivity contribution in [3.8, 4) is 0 Å². The van der Waals surface area contributed by atoms with Gasteiger partial charge in [-0.3, -0.25) is 0 Å². The van der Waals surface area contributed by atoms with Gasteiger partial charge in [0.15, 0.2) is 0 Å². The van der Waals surface area contributed by atoms with Gasteiger partial charge >= 0.3 is 0 Å². The van der Waals surface area contributed by atoms with Gasteiger partial charge in [0.2, 0.25) is 0 Å². The molecule has 0 aliphatic heterocycles. The first-order valence-electron chi connectivity index (χ1n) is 5.56. The van der Waals surface area contributed by atoms with Gasteiger partial charge in [-0.15, -0.1) is 0 Å². The van der Waals surface area contributed by atoms with Crippen molar-refractivity contribution in [2.24, 2.45) is 0 Å². The summed E-state index contributed by atoms with van der Waals surface area (Å²) >= 11 is 1.10. The Kier molecular flexibility index (Phi) is 4.33. The van der Waals surface area contributed by atoms with E-state index in [4.69, 9.17) is 0 Å². The first kappa shape index (κ1) is 13.1. The van der Waals surface area contributed by atoms with Crippen LogP contribution < -0.4 is 5.32 Å². The molecule has 4 heteroatoms. The standard InChI is InChI=1S/C14H13F2NS/c1-17-9-10-6-7-14(12(16)8-10)18-13-5-3-2-4-11(13)15/h2-8,17H,9H2,1H3. The van der Waals surface area contributed by atoms with Gasteiger partial charge in [-0.2, -0.15) is 0 Å². The van der Waals surface area contributed by atoms with Crippen LogP contribution in [0.15, 0.2) is 52.3 Å². The van der Waals surface area contributed by atoms with E-state index in [9.17, 15) is 8.78 Å². The Morgan fingerprint density at radius 1 is 1.00 bits per heavy atom. The lowest BCUT2D eigenvalue weighted by atomic mass is 10.2. The fraction of sp³-hybridized carbons (Fsp3) is 0.143. The van der Waals surface area contributed by atoms with Crippen LogP contribution in [0.5, 0.6) is 0 Å². The minimum Gasteiger partial charge on any atom is -0.316 e. The molecule has 0 unspecified atom stereocenters. The van der Waals surface area contributed by atoms with E-state index in [1.54, 1.807) is 31.3 Å². The van der Waals surface area contributed by atoms with Gasteiger partial charge in [0, 0.05) is 16.3 Å². The van der Waals surface area contributed by atoms with Gasteiger partial charge < -0.3 is 5.32 Å². The van der Waals surface area contributed by atoms with Crippen LogP contribution in [0.2, 0.25) is 0 Å². The summed E-state index contributed by atoms with van der Waals surface area (Å²) in [5.74, 6) is -0.655. The molecule has 0 atom stereocenters. The highest BCUT2D eigenvalue weighted by Gasteiger charge is 2.08. The second-order valence-electron chi connectivity index (χ2n) is 3.83. The number of halogens is 2. The third kappa shape index (κ3) is 3.09. The zero-order valence-corrected chi connectivity index (χ0v) is 10.7. The lowest BCUT2D eigenvalue weighted by molar-refractivity contribution is 0.593. The molecule has 0 aliphatic carbocycles. The van der Waals surface area contributed by atoms with Crippen molar-refractivity contribution in [3.63, 3.8) is 0 Å². The van der Waals surface area contributed by atoms with Crippen LogP contribution in [0.3, 0.4) is 0 Å². The van der Waals surface area contributed by atoms with Crippen molar-refractivity contribution in [1.82, 2.24) is 5.32 Å². The lowest BCUT2D eigenvalue weighted by Gasteiger charge is -2.06. The van der Waals surface area contributed by atoms with Crippen LogP contribution in [0.4, 0.5) is 8.78 Å². The minimum atomic E-state index is -0.332. The molecule has 0 spiro atoms. The molecule has 0 saturated carbocycles. The molecular weight excluding hydrogens is 252 g/mol. The molecule has 0 amide bonds. The molecule has 18 heavy (non-hydrogen) atoms. The molecule has 0 aromatic heterocycles. The van der Waals surface area contributed by atoms with Gasteiger partial charge in [0.05, 0.1) is 0 Å². The van der Waals surface area contributed by atoms with E-state index in [-0.39, 0.29) is 11.6 Å². The van der Waals surface area contributed by atoms with Crippen molar-refractivity contribution in [2.75, 3.05) is 7.05 Å². The fourth-order valence-electron chi connectivity index (χ4n) is 1.59. The van der Waals surface area contributed by atoms with E-state index in [1.165, 1.54) is 12.1 Å². The average Bonchev–Trinajstić information content (AvgIpc) is 2.35. The van der Waals surface area contributed by atoms with Crippen LogP contribution in [-0.4, -0.2) is 7.05 Å². The SMILES string of the molecule is CNCc1ccc(Sc2ccccc2F)c(F)c1. The maximum absolute atomic E-state index is 13.8. The van der Waals surface area contributed by atoms with E-state index in [0.717, 1.165) is 17.3 Å². The molecule has 2 aromatic carbocycles. The highest BCUT2D eigenvalue weighted by molar-refractivity contribution is 7.99. The molecule has 1 nitrogen and oxygen atoms in total. The molecule has 0 saturated heterocycles. The monoisotopic (exact) mass is 265 g/mol. The maximum atomic E-state index is 13.8. The molecule has 0 fully saturated rings. The Morgan fingerprint density at radius 2 is 1.72 bits per heavy atom. The van der Waals surface area contributed by atoms with Crippen LogP contribution in [0.25, 0.3) is 0 Å². The van der Waals surface area contributed by atoms with E-state index < -0.39 is 0 Å². The predicted molar refractivity (Wildman–Crippen MR) is 69.7 cm³/mol. The van der Waals surface area contributed by atoms with E-state index in [0.29, 0.717) is 16.3 Å². The Labute approximate surface area is 109 Å². The second-order valence-corrected chi connectivity index (χ2v) is 4.91. The predicted octanol–water partition coefficient (Wildman–Crippen LogP) is 3.84. The lowest BCUT2D eigenvalue weighted by Crippen LogP contribution is -2.05. The summed E-state index contributed by atoms with van der Waals surface area (Å²) in [7, 11) is 1.81. The second kappa shape index (κ2) is 5.98. The number of benzene rings is 2. The van der Waals surface area contributed by atoms with E-state index in [1.807, 2.05) is 6.07 Å². The maximum Gasteiger partial charge on any atom is 0.137 e. The molecule has 0 radical (unpaired) electrons. The van der Waals surface area contributed by atoms with Crippen LogP contribution in [0, 0.1) is 11.6 Å². The Hall–Kier alpha value is -1.39. The van der Waals surface area contributed by atoms with Crippen LogP contribution in [0.1, 0.15) is 5.56 Å². The topological polar surface area (TPSA) is 12.0 Å². The van der Waals surface area contributed by atoms with Crippen molar-refractivity contribution in [2.45, 2.75) is 16.3 Å². The van der Waals surface area contributed by atoms with Gasteiger partial charge in [-0.05, 0) is 36.9 Å². The molecular formula is C14H13F2NS. The third-order valence-electron chi connectivity index (χ3n) is 2.43. The Balaban J connectivity index is 2.22. The van der Waals surface area contributed by atoms with Gasteiger partial charge in [0.25, 0.3) is 0 Å². The quantitative estimate of drug-likeness (QED) is 0.901. The van der Waals surface area contributed by atoms with Gasteiger partial charge in [-0.25, -0.2) is 8.78 Å². The molecule has 2 aromatic rings. The molecule has 94 valence electrons. The third-order valence-corrected chi connectivity index (χ3v) is 3.54. The summed E-state index contributed by atoms with van der Waals surface area (Å²) in [6.07, 6.45) is 0. The van der Waals surface area contributed by atoms with Crippen molar-refractivity contribution in [1.29, 1.82) is 0 Å². The summed E-state index contributed by atoms with van der Waals surface area (Å²) in [6.45, 7) is 0.613. The van der Waals surface area contributed by atoms with Crippen molar-refractivity contribution in [3.05, 3.63) is 59.7 Å². The summed E-state index contributed by atoms with van der Waals surface area (Å²) < 4.78 is 27.3. The number of hydrogen-bond acceptors (Lipinski definition) is 2. The van der Waals surface area contributed by atoms with E-state index >= 15 is 0 Å². The largest absolute Gasteiger partial charge is 0.316 e. The van der Waals surface area contributed by atoms with Gasteiger partial charge in [-0.1, -0.05) is 30.0 Å². The minimum absolute atomic E-state index is 0.323. The normalized spacial score (nSPS) is 10.6. The molecule has 0 heterocycles. The summed E-state index contributed by atoms with van der Waals surface area (Å²) in [5.41, 5.74) is 0.868. The smallest absolute Gasteiger partial charge is 0.137 e. The van der Waals surface area contributed by atoms with Crippen LogP contribution >= 0.6 is 11.8 Å². The van der Waals surface area contributed by atoms with Crippen molar-refractivity contribution < 1.29 is 8.78 Å². The molecule has 1 N–H and O–H groups in total. The molecule has 2 rings (SSSR count). The summed E-state index contributed by atoms with van der Waals surface area (Å²) in [5, 5.41) is 2.96. The van der Waals surface area contributed by atoms with Gasteiger partial charge in [0.1, 0.15) is 11.6 Å². The molecule has 0 bridgehead atoms. The first-order valence-corrected chi connectivity index (χ1v) is 6.38. The number of hydrogen-bond donors (Lipinski definition) is 1. The summed E-state index contributed by atoms with van der Waals surface area (Å²) in [4.78, 5) is 0.859. The zero-order chi connectivity index (χ0) is 13.0. The van der Waals surface area contributed by atoms with Crippen LogP contribution in [-0.2, 0) is 6.54 Å². The van der Waals surface area contributed by atoms with E-state index in [2.05, 4.69) is 5.32 Å². The number of nitrogens with one attached hydrogen (secondary N) is 1. The summed E-state index contributed by atoms with van der Waals surface area (Å²) in [6, 6.07) is 11.3. The zero-order valence-electron chi connectivity index (χ0n) is 9.91.